The Morgan fingerprint density at radius 2 is 2.00 bits per heavy atom. The molecule has 0 saturated carbocycles. The molecule has 0 aliphatic rings. The van der Waals surface area contributed by atoms with Gasteiger partial charge < -0.3 is 10.6 Å². The lowest BCUT2D eigenvalue weighted by Gasteiger charge is -2.20. The molecule has 0 spiro atoms. The number of aryl methyl sites for hydroxylation is 1. The van der Waals surface area contributed by atoms with Gasteiger partial charge >= 0.3 is 0 Å². The molecule has 1 atom stereocenters. The van der Waals surface area contributed by atoms with Crippen molar-refractivity contribution in [2.75, 3.05) is 7.05 Å². The summed E-state index contributed by atoms with van der Waals surface area (Å²) in [5.74, 6) is -0.0320. The van der Waals surface area contributed by atoms with E-state index in [1.165, 1.54) is 16.9 Å². The number of nitrogens with zero attached hydrogens (tertiary/aromatic N) is 1. The van der Waals surface area contributed by atoms with Crippen molar-refractivity contribution in [3.05, 3.63) is 57.2 Å². The molecule has 3 nitrogen and oxygen atoms in total. The molecule has 1 heterocycles. The first-order valence-electron chi connectivity index (χ1n) is 6.85. The second kappa shape index (κ2) is 7.59. The van der Waals surface area contributed by atoms with Crippen LogP contribution in [0.4, 0.5) is 0 Å². The molecular formula is C16H19ClN2OS. The first-order valence-corrected chi connectivity index (χ1v) is 8.04. The van der Waals surface area contributed by atoms with Gasteiger partial charge in [-0.1, -0.05) is 41.9 Å². The summed E-state index contributed by atoms with van der Waals surface area (Å²) in [7, 11) is 1.78. The van der Waals surface area contributed by atoms with E-state index in [4.69, 9.17) is 17.3 Å². The minimum atomic E-state index is -0.467. The zero-order valence-electron chi connectivity index (χ0n) is 12.0. The van der Waals surface area contributed by atoms with Crippen LogP contribution in [0.25, 0.3) is 0 Å². The predicted molar refractivity (Wildman–Crippen MR) is 88.5 cm³/mol. The minimum absolute atomic E-state index is 0.0320. The second-order valence-corrected chi connectivity index (χ2v) is 6.83. The molecule has 2 rings (SSSR count). The van der Waals surface area contributed by atoms with Gasteiger partial charge in [0.2, 0.25) is 5.91 Å². The van der Waals surface area contributed by atoms with Gasteiger partial charge in [0, 0.05) is 11.9 Å². The van der Waals surface area contributed by atoms with Gasteiger partial charge in [-0.3, -0.25) is 4.79 Å². The molecule has 0 radical (unpaired) electrons. The first-order chi connectivity index (χ1) is 10.1. The Balaban J connectivity index is 1.83. The van der Waals surface area contributed by atoms with Crippen molar-refractivity contribution in [3.8, 4) is 0 Å². The molecule has 0 aliphatic carbocycles. The van der Waals surface area contributed by atoms with E-state index in [1.807, 2.05) is 30.3 Å². The van der Waals surface area contributed by atoms with Gasteiger partial charge in [-0.2, -0.15) is 0 Å². The Morgan fingerprint density at radius 1 is 1.29 bits per heavy atom. The monoisotopic (exact) mass is 322 g/mol. The van der Waals surface area contributed by atoms with E-state index in [1.54, 1.807) is 11.9 Å². The van der Waals surface area contributed by atoms with Crippen molar-refractivity contribution >= 4 is 28.8 Å². The number of thiophene rings is 1. The number of amides is 1. The lowest BCUT2D eigenvalue weighted by Crippen LogP contribution is -2.41. The molecule has 0 bridgehead atoms. The lowest BCUT2D eigenvalue weighted by molar-refractivity contribution is -0.131. The molecule has 21 heavy (non-hydrogen) atoms. The van der Waals surface area contributed by atoms with Crippen molar-refractivity contribution in [2.45, 2.75) is 25.4 Å². The number of rotatable bonds is 6. The largest absolute Gasteiger partial charge is 0.339 e. The maximum absolute atomic E-state index is 12.2. The third-order valence-corrected chi connectivity index (χ3v) is 4.52. The van der Waals surface area contributed by atoms with Gasteiger partial charge in [-0.05, 0) is 30.5 Å². The van der Waals surface area contributed by atoms with Crippen molar-refractivity contribution < 1.29 is 4.79 Å². The molecule has 5 heteroatoms. The van der Waals surface area contributed by atoms with Crippen molar-refractivity contribution in [1.82, 2.24) is 4.90 Å². The van der Waals surface area contributed by atoms with Crippen LogP contribution >= 0.6 is 22.9 Å². The summed E-state index contributed by atoms with van der Waals surface area (Å²) in [6, 6.07) is 13.4. The molecule has 1 aromatic carbocycles. The summed E-state index contributed by atoms with van der Waals surface area (Å²) in [5, 5.41) is 0. The summed E-state index contributed by atoms with van der Waals surface area (Å²) in [5.41, 5.74) is 7.21. The second-order valence-electron chi connectivity index (χ2n) is 5.03. The Bertz CT molecular complexity index is 585. The highest BCUT2D eigenvalue weighted by Gasteiger charge is 2.18. The molecule has 1 aromatic heterocycles. The van der Waals surface area contributed by atoms with Crippen LogP contribution in [0.15, 0.2) is 42.5 Å². The smallest absolute Gasteiger partial charge is 0.239 e. The van der Waals surface area contributed by atoms with Crippen LogP contribution in [0.1, 0.15) is 16.9 Å². The average molecular weight is 323 g/mol. The Hall–Kier alpha value is -1.36. The number of hydrogen-bond donors (Lipinski definition) is 1. The molecule has 0 fully saturated rings. The number of carbonyl (C=O) groups is 1. The molecule has 2 aromatic rings. The third-order valence-electron chi connectivity index (χ3n) is 3.30. The number of likely N-dealkylation sites (N-methyl/N-ethyl adjacent to an activating group) is 1. The van der Waals surface area contributed by atoms with Crippen LogP contribution in [0.5, 0.6) is 0 Å². The highest BCUT2D eigenvalue weighted by Crippen LogP contribution is 2.22. The highest BCUT2D eigenvalue weighted by atomic mass is 35.5. The summed E-state index contributed by atoms with van der Waals surface area (Å²) >= 11 is 7.38. The molecular weight excluding hydrogens is 304 g/mol. The molecule has 112 valence electrons. The van der Waals surface area contributed by atoms with E-state index in [-0.39, 0.29) is 5.91 Å². The highest BCUT2D eigenvalue weighted by molar-refractivity contribution is 7.16. The van der Waals surface area contributed by atoms with Gasteiger partial charge in [0.05, 0.1) is 16.9 Å². The minimum Gasteiger partial charge on any atom is -0.339 e. The molecule has 0 saturated heterocycles. The fraction of sp³-hybridized carbons (Fsp3) is 0.312. The number of benzene rings is 1. The van der Waals surface area contributed by atoms with E-state index in [9.17, 15) is 4.79 Å². The van der Waals surface area contributed by atoms with E-state index < -0.39 is 6.04 Å². The van der Waals surface area contributed by atoms with E-state index >= 15 is 0 Å². The Kier molecular flexibility index (Phi) is 5.79. The zero-order chi connectivity index (χ0) is 15.2. The van der Waals surface area contributed by atoms with Crippen LogP contribution in [-0.2, 0) is 17.8 Å². The van der Waals surface area contributed by atoms with Crippen LogP contribution in [0.3, 0.4) is 0 Å². The summed E-state index contributed by atoms with van der Waals surface area (Å²) < 4.78 is 0.735. The number of nitrogens with two attached hydrogens (primary N) is 1. The van der Waals surface area contributed by atoms with Crippen LogP contribution in [-0.4, -0.2) is 23.9 Å². The summed E-state index contributed by atoms with van der Waals surface area (Å²) in [6.07, 6.45) is 1.46. The lowest BCUT2D eigenvalue weighted by atomic mass is 10.1. The summed E-state index contributed by atoms with van der Waals surface area (Å²) in [6.45, 7) is 0.551. The maximum Gasteiger partial charge on any atom is 0.239 e. The van der Waals surface area contributed by atoms with Gasteiger partial charge in [0.1, 0.15) is 0 Å². The number of carbonyl (C=O) groups excluding carboxylic acids is 1. The molecule has 0 aliphatic heterocycles. The Labute approximate surface area is 134 Å². The number of halogens is 1. The average Bonchev–Trinajstić information content (AvgIpc) is 2.90. The summed E-state index contributed by atoms with van der Waals surface area (Å²) in [4.78, 5) is 15.0. The first kappa shape index (κ1) is 16.0. The SMILES string of the molecule is CN(Cc1ccc(Cl)s1)C(=O)C(N)CCc1ccccc1. The van der Waals surface area contributed by atoms with Gasteiger partial charge in [-0.15, -0.1) is 11.3 Å². The standard InChI is InChI=1S/C16H19ClN2OS/c1-19(11-13-8-10-15(17)21-13)16(20)14(18)9-7-12-5-3-2-4-6-12/h2-6,8,10,14H,7,9,11,18H2,1H3. The van der Waals surface area contributed by atoms with Crippen molar-refractivity contribution in [1.29, 1.82) is 0 Å². The number of hydrogen-bond acceptors (Lipinski definition) is 3. The van der Waals surface area contributed by atoms with E-state index in [0.29, 0.717) is 13.0 Å². The van der Waals surface area contributed by atoms with Crippen LogP contribution < -0.4 is 5.73 Å². The van der Waals surface area contributed by atoms with Crippen LogP contribution in [0.2, 0.25) is 4.34 Å². The quantitative estimate of drug-likeness (QED) is 0.886. The normalized spacial score (nSPS) is 12.1. The van der Waals surface area contributed by atoms with Gasteiger partial charge in [0.25, 0.3) is 0 Å². The van der Waals surface area contributed by atoms with Crippen LogP contribution in [0, 0.1) is 0 Å². The maximum atomic E-state index is 12.2. The Morgan fingerprint density at radius 3 is 2.62 bits per heavy atom. The fourth-order valence-electron chi connectivity index (χ4n) is 2.12. The van der Waals surface area contributed by atoms with E-state index in [0.717, 1.165) is 15.6 Å². The fourth-order valence-corrected chi connectivity index (χ4v) is 3.26. The van der Waals surface area contributed by atoms with Gasteiger partial charge in [0.15, 0.2) is 0 Å². The molecule has 2 N–H and O–H groups in total. The van der Waals surface area contributed by atoms with E-state index in [2.05, 4.69) is 12.1 Å². The zero-order valence-corrected chi connectivity index (χ0v) is 13.5. The van der Waals surface area contributed by atoms with Crippen molar-refractivity contribution in [3.63, 3.8) is 0 Å². The molecule has 1 amide bonds. The topological polar surface area (TPSA) is 46.3 Å². The van der Waals surface area contributed by atoms with Gasteiger partial charge in [-0.25, -0.2) is 0 Å². The molecule has 1 unspecified atom stereocenters. The van der Waals surface area contributed by atoms with Crippen molar-refractivity contribution in [2.24, 2.45) is 5.73 Å². The third kappa shape index (κ3) is 4.84. The predicted octanol–water partition coefficient (Wildman–Crippen LogP) is 3.32.